The van der Waals surface area contributed by atoms with Crippen LogP contribution in [0.15, 0.2) is 28.8 Å². The number of carboxylic acids is 1. The molecular formula is C15H19N3O6S. The highest BCUT2D eigenvalue weighted by molar-refractivity contribution is 7.88. The van der Waals surface area contributed by atoms with Gasteiger partial charge in [-0.15, -0.1) is 0 Å². The van der Waals surface area contributed by atoms with Crippen molar-refractivity contribution in [1.82, 2.24) is 14.8 Å². The summed E-state index contributed by atoms with van der Waals surface area (Å²) in [6, 6.07) is 5.52. The molecule has 1 amide bonds. The monoisotopic (exact) mass is 369 g/mol. The molecule has 2 N–H and O–H groups in total. The summed E-state index contributed by atoms with van der Waals surface area (Å²) in [5, 5.41) is 16.0. The lowest BCUT2D eigenvalue weighted by Gasteiger charge is -2.25. The van der Waals surface area contributed by atoms with Gasteiger partial charge in [-0.3, -0.25) is 9.59 Å². The van der Waals surface area contributed by atoms with E-state index in [1.165, 1.54) is 13.8 Å². The van der Waals surface area contributed by atoms with Gasteiger partial charge in [0.1, 0.15) is 17.5 Å². The van der Waals surface area contributed by atoms with Gasteiger partial charge in [0.05, 0.1) is 0 Å². The maximum atomic E-state index is 12.7. The standard InChI is InChI=1S/C15H19N3O6S/c1-10(15(20)21)18(8-7-16-11(2)19)25(22,23)9-13-12-5-3-4-6-14(12)24-17-13/h3-6,10H,7-9H2,1-2H3,(H,16,19)(H,20,21). The quantitative estimate of drug-likeness (QED) is 0.695. The van der Waals surface area contributed by atoms with Gasteiger partial charge in [0, 0.05) is 25.4 Å². The molecule has 1 aromatic heterocycles. The first-order valence-electron chi connectivity index (χ1n) is 7.52. The van der Waals surface area contributed by atoms with Crippen LogP contribution in [0.4, 0.5) is 0 Å². The third-order valence-corrected chi connectivity index (χ3v) is 5.48. The third-order valence-electron chi connectivity index (χ3n) is 3.62. The van der Waals surface area contributed by atoms with Crippen molar-refractivity contribution in [2.45, 2.75) is 25.6 Å². The second kappa shape index (κ2) is 7.62. The van der Waals surface area contributed by atoms with Crippen LogP contribution in [0.1, 0.15) is 19.5 Å². The number of carbonyl (C=O) groups is 2. The molecule has 9 nitrogen and oxygen atoms in total. The van der Waals surface area contributed by atoms with Crippen LogP contribution in [0, 0.1) is 0 Å². The molecule has 1 heterocycles. The molecule has 0 saturated heterocycles. The molecule has 0 radical (unpaired) electrons. The zero-order chi connectivity index (χ0) is 18.6. The molecule has 0 bridgehead atoms. The Labute approximate surface area is 144 Å². The molecule has 1 unspecified atom stereocenters. The molecule has 1 aromatic carbocycles. The van der Waals surface area contributed by atoms with Gasteiger partial charge in [0.25, 0.3) is 0 Å². The average Bonchev–Trinajstić information content (AvgIpc) is 2.93. The normalized spacial score (nSPS) is 13.1. The zero-order valence-electron chi connectivity index (χ0n) is 13.8. The molecule has 2 rings (SSSR count). The van der Waals surface area contributed by atoms with Crippen LogP contribution in [-0.2, 0) is 25.4 Å². The maximum Gasteiger partial charge on any atom is 0.321 e. The number of aromatic nitrogens is 1. The lowest BCUT2D eigenvalue weighted by molar-refractivity contribution is -0.140. The number of sulfonamides is 1. The van der Waals surface area contributed by atoms with Crippen LogP contribution in [0.5, 0.6) is 0 Å². The van der Waals surface area contributed by atoms with Crippen LogP contribution >= 0.6 is 0 Å². The lowest BCUT2D eigenvalue weighted by atomic mass is 10.2. The molecule has 10 heteroatoms. The minimum Gasteiger partial charge on any atom is -0.480 e. The van der Waals surface area contributed by atoms with Gasteiger partial charge in [-0.05, 0) is 19.1 Å². The predicted molar refractivity (Wildman–Crippen MR) is 89.1 cm³/mol. The Morgan fingerprint density at radius 2 is 2.04 bits per heavy atom. The topological polar surface area (TPSA) is 130 Å². The second-order valence-electron chi connectivity index (χ2n) is 5.49. The minimum atomic E-state index is -4.00. The summed E-state index contributed by atoms with van der Waals surface area (Å²) in [5.74, 6) is -2.11. The molecule has 0 spiro atoms. The molecule has 0 aliphatic rings. The fourth-order valence-corrected chi connectivity index (χ4v) is 4.00. The van der Waals surface area contributed by atoms with E-state index in [1.807, 2.05) is 0 Å². The van der Waals surface area contributed by atoms with E-state index in [-0.39, 0.29) is 24.7 Å². The second-order valence-corrected chi connectivity index (χ2v) is 7.41. The average molecular weight is 369 g/mol. The SMILES string of the molecule is CC(=O)NCCN(C(C)C(=O)O)S(=O)(=O)Cc1noc2ccccc12. The highest BCUT2D eigenvalue weighted by Gasteiger charge is 2.32. The lowest BCUT2D eigenvalue weighted by Crippen LogP contribution is -2.47. The van der Waals surface area contributed by atoms with Gasteiger partial charge in [-0.1, -0.05) is 17.3 Å². The van der Waals surface area contributed by atoms with Crippen molar-refractivity contribution in [2.24, 2.45) is 0 Å². The third kappa shape index (κ3) is 4.54. The fraction of sp³-hybridized carbons (Fsp3) is 0.400. The predicted octanol–water partition coefficient (Wildman–Crippen LogP) is 0.569. The first-order valence-corrected chi connectivity index (χ1v) is 9.13. The Balaban J connectivity index is 2.27. The van der Waals surface area contributed by atoms with E-state index < -0.39 is 27.8 Å². The van der Waals surface area contributed by atoms with Gasteiger partial charge in [0.15, 0.2) is 5.58 Å². The van der Waals surface area contributed by atoms with E-state index in [1.54, 1.807) is 24.3 Å². The van der Waals surface area contributed by atoms with Crippen LogP contribution in [0.2, 0.25) is 0 Å². The van der Waals surface area contributed by atoms with E-state index in [0.717, 1.165) is 4.31 Å². The number of nitrogens with zero attached hydrogens (tertiary/aromatic N) is 2. The van der Waals surface area contributed by atoms with Crippen LogP contribution in [0.3, 0.4) is 0 Å². The Morgan fingerprint density at radius 3 is 2.68 bits per heavy atom. The van der Waals surface area contributed by atoms with E-state index in [2.05, 4.69) is 10.5 Å². The first kappa shape index (κ1) is 18.9. The molecule has 0 saturated carbocycles. The summed E-state index contributed by atoms with van der Waals surface area (Å²) in [4.78, 5) is 22.2. The maximum absolute atomic E-state index is 12.7. The van der Waals surface area contributed by atoms with Crippen molar-refractivity contribution in [1.29, 1.82) is 0 Å². The van der Waals surface area contributed by atoms with E-state index in [0.29, 0.717) is 11.0 Å². The molecule has 25 heavy (non-hydrogen) atoms. The Hall–Kier alpha value is -2.46. The number of carboxylic acid groups (broad SMARTS) is 1. The molecule has 0 aliphatic carbocycles. The highest BCUT2D eigenvalue weighted by atomic mass is 32.2. The molecule has 1 atom stereocenters. The molecule has 0 fully saturated rings. The summed E-state index contributed by atoms with van der Waals surface area (Å²) in [6.07, 6.45) is 0. The van der Waals surface area contributed by atoms with Gasteiger partial charge in [-0.2, -0.15) is 4.31 Å². The number of hydrogen-bond donors (Lipinski definition) is 2. The Kier molecular flexibility index (Phi) is 5.75. The number of nitrogens with one attached hydrogen (secondary N) is 1. The van der Waals surface area contributed by atoms with Crippen molar-refractivity contribution in [3.05, 3.63) is 30.0 Å². The number of benzene rings is 1. The van der Waals surface area contributed by atoms with Gasteiger partial charge in [0.2, 0.25) is 15.9 Å². The fourth-order valence-electron chi connectivity index (χ4n) is 2.34. The smallest absolute Gasteiger partial charge is 0.321 e. The van der Waals surface area contributed by atoms with Crippen LogP contribution < -0.4 is 5.32 Å². The van der Waals surface area contributed by atoms with Gasteiger partial charge < -0.3 is 14.9 Å². The van der Waals surface area contributed by atoms with Crippen molar-refractivity contribution < 1.29 is 27.6 Å². The summed E-state index contributed by atoms with van der Waals surface area (Å²) in [7, 11) is -4.00. The first-order chi connectivity index (χ1) is 11.7. The zero-order valence-corrected chi connectivity index (χ0v) is 14.6. The van der Waals surface area contributed by atoms with E-state index in [4.69, 9.17) is 4.52 Å². The number of carbonyl (C=O) groups excluding carboxylic acids is 1. The minimum absolute atomic E-state index is 0.00570. The van der Waals surface area contributed by atoms with Gasteiger partial charge in [-0.25, -0.2) is 8.42 Å². The summed E-state index contributed by atoms with van der Waals surface area (Å²) >= 11 is 0. The Morgan fingerprint density at radius 1 is 1.36 bits per heavy atom. The molecule has 0 aliphatic heterocycles. The summed E-state index contributed by atoms with van der Waals surface area (Å²) in [5.41, 5.74) is 0.654. The highest BCUT2D eigenvalue weighted by Crippen LogP contribution is 2.21. The number of amides is 1. The van der Waals surface area contributed by atoms with Crippen LogP contribution in [0.25, 0.3) is 11.0 Å². The number of hydrogen-bond acceptors (Lipinski definition) is 6. The van der Waals surface area contributed by atoms with Crippen molar-refractivity contribution in [3.63, 3.8) is 0 Å². The summed E-state index contributed by atoms with van der Waals surface area (Å²) < 4.78 is 31.4. The van der Waals surface area contributed by atoms with E-state index in [9.17, 15) is 23.1 Å². The van der Waals surface area contributed by atoms with Crippen LogP contribution in [-0.4, -0.2) is 54.0 Å². The summed E-state index contributed by atoms with van der Waals surface area (Å²) in [6.45, 7) is 2.41. The molecule has 136 valence electrons. The van der Waals surface area contributed by atoms with Crippen molar-refractivity contribution in [2.75, 3.05) is 13.1 Å². The molecule has 2 aromatic rings. The van der Waals surface area contributed by atoms with Gasteiger partial charge >= 0.3 is 5.97 Å². The number of aliphatic carboxylic acids is 1. The Bertz CT molecular complexity index is 876. The van der Waals surface area contributed by atoms with E-state index >= 15 is 0 Å². The molecular weight excluding hydrogens is 350 g/mol. The number of para-hydroxylation sites is 1. The number of rotatable bonds is 8. The number of fused-ring (bicyclic) bond motifs is 1. The largest absolute Gasteiger partial charge is 0.480 e. The van der Waals surface area contributed by atoms with Crippen molar-refractivity contribution in [3.8, 4) is 0 Å². The van der Waals surface area contributed by atoms with Crippen molar-refractivity contribution >= 4 is 32.9 Å².